The fraction of sp³-hybridized carbons (Fsp3) is 0.647. The fourth-order valence-corrected chi connectivity index (χ4v) is 2.91. The van der Waals surface area contributed by atoms with Crippen LogP contribution in [0.5, 0.6) is 0 Å². The van der Waals surface area contributed by atoms with Crippen LogP contribution in [0.1, 0.15) is 57.1 Å². The maximum Gasteiger partial charge on any atom is 0.105 e. The smallest absolute Gasteiger partial charge is 0.105 e. The summed E-state index contributed by atoms with van der Waals surface area (Å²) in [4.78, 5) is 0. The standard InChI is InChI=1S/C17H26O2/c1-2-16(17(18)15-11-7-4-8-12-15)19-13-14-9-5-3-6-10-14/h4,7-8,11-12,14,16-18H,2-3,5-6,9-10,13H2,1H3. The van der Waals surface area contributed by atoms with Crippen molar-refractivity contribution in [3.8, 4) is 0 Å². The average molecular weight is 262 g/mol. The van der Waals surface area contributed by atoms with Gasteiger partial charge in [0.05, 0.1) is 6.10 Å². The Morgan fingerprint density at radius 3 is 2.47 bits per heavy atom. The first-order valence-electron chi connectivity index (χ1n) is 7.66. The molecule has 19 heavy (non-hydrogen) atoms. The van der Waals surface area contributed by atoms with Crippen molar-refractivity contribution in [1.29, 1.82) is 0 Å². The zero-order valence-electron chi connectivity index (χ0n) is 11.9. The molecule has 0 spiro atoms. The molecular formula is C17H26O2. The minimum atomic E-state index is -0.505. The van der Waals surface area contributed by atoms with Gasteiger partial charge in [-0.3, -0.25) is 0 Å². The number of hydrogen-bond donors (Lipinski definition) is 1. The molecule has 1 saturated carbocycles. The van der Waals surface area contributed by atoms with E-state index in [0.717, 1.165) is 18.6 Å². The minimum absolute atomic E-state index is 0.0793. The number of benzene rings is 1. The second kappa shape index (κ2) is 7.66. The van der Waals surface area contributed by atoms with E-state index < -0.39 is 6.10 Å². The quantitative estimate of drug-likeness (QED) is 0.836. The lowest BCUT2D eigenvalue weighted by molar-refractivity contribution is -0.0560. The van der Waals surface area contributed by atoms with E-state index in [4.69, 9.17) is 4.74 Å². The molecule has 1 aliphatic carbocycles. The Balaban J connectivity index is 1.85. The summed E-state index contributed by atoms with van der Waals surface area (Å²) in [5.74, 6) is 0.700. The number of hydrogen-bond acceptors (Lipinski definition) is 2. The Bertz CT molecular complexity index is 344. The highest BCUT2D eigenvalue weighted by molar-refractivity contribution is 5.18. The summed E-state index contributed by atoms with van der Waals surface area (Å²) in [7, 11) is 0. The van der Waals surface area contributed by atoms with Crippen LogP contribution in [0.3, 0.4) is 0 Å². The van der Waals surface area contributed by atoms with Gasteiger partial charge in [-0.1, -0.05) is 56.5 Å². The van der Waals surface area contributed by atoms with Crippen molar-refractivity contribution in [2.45, 2.75) is 57.7 Å². The van der Waals surface area contributed by atoms with Gasteiger partial charge in [0.1, 0.15) is 6.10 Å². The molecule has 1 fully saturated rings. The molecule has 1 aliphatic rings. The highest BCUT2D eigenvalue weighted by atomic mass is 16.5. The van der Waals surface area contributed by atoms with Crippen LogP contribution >= 0.6 is 0 Å². The first kappa shape index (κ1) is 14.5. The molecule has 2 unspecified atom stereocenters. The van der Waals surface area contributed by atoms with E-state index in [-0.39, 0.29) is 6.10 Å². The van der Waals surface area contributed by atoms with Crippen molar-refractivity contribution >= 4 is 0 Å². The van der Waals surface area contributed by atoms with Crippen LogP contribution in [0.4, 0.5) is 0 Å². The van der Waals surface area contributed by atoms with Crippen molar-refractivity contribution < 1.29 is 9.84 Å². The summed E-state index contributed by atoms with van der Waals surface area (Å²) < 4.78 is 6.00. The van der Waals surface area contributed by atoms with Gasteiger partial charge in [-0.05, 0) is 30.7 Å². The summed E-state index contributed by atoms with van der Waals surface area (Å²) >= 11 is 0. The van der Waals surface area contributed by atoms with Crippen molar-refractivity contribution in [3.05, 3.63) is 35.9 Å². The second-order valence-electron chi connectivity index (χ2n) is 5.64. The Morgan fingerprint density at radius 2 is 1.84 bits per heavy atom. The third-order valence-electron chi connectivity index (χ3n) is 4.17. The maximum absolute atomic E-state index is 10.4. The molecule has 0 aliphatic heterocycles. The zero-order valence-corrected chi connectivity index (χ0v) is 11.9. The molecule has 1 aromatic carbocycles. The van der Waals surface area contributed by atoms with Crippen molar-refractivity contribution in [2.75, 3.05) is 6.61 Å². The molecule has 2 atom stereocenters. The van der Waals surface area contributed by atoms with Gasteiger partial charge in [0, 0.05) is 6.61 Å². The van der Waals surface area contributed by atoms with Crippen LogP contribution in [0.15, 0.2) is 30.3 Å². The molecule has 106 valence electrons. The van der Waals surface area contributed by atoms with Gasteiger partial charge >= 0.3 is 0 Å². The average Bonchev–Trinajstić information content (AvgIpc) is 2.49. The van der Waals surface area contributed by atoms with Gasteiger partial charge in [0.2, 0.25) is 0 Å². The minimum Gasteiger partial charge on any atom is -0.386 e. The van der Waals surface area contributed by atoms with Crippen LogP contribution in [0.2, 0.25) is 0 Å². The second-order valence-corrected chi connectivity index (χ2v) is 5.64. The summed E-state index contributed by atoms with van der Waals surface area (Å²) in [6.45, 7) is 2.89. The van der Waals surface area contributed by atoms with Crippen LogP contribution in [-0.2, 0) is 4.74 Å². The van der Waals surface area contributed by atoms with Crippen molar-refractivity contribution in [1.82, 2.24) is 0 Å². The highest BCUT2D eigenvalue weighted by Crippen LogP contribution is 2.26. The fourth-order valence-electron chi connectivity index (χ4n) is 2.91. The van der Waals surface area contributed by atoms with Crippen LogP contribution in [-0.4, -0.2) is 17.8 Å². The molecule has 1 N–H and O–H groups in total. The van der Waals surface area contributed by atoms with Crippen LogP contribution in [0.25, 0.3) is 0 Å². The molecule has 2 nitrogen and oxygen atoms in total. The maximum atomic E-state index is 10.4. The number of ether oxygens (including phenoxy) is 1. The normalized spacial score (nSPS) is 20.1. The first-order chi connectivity index (χ1) is 9.31. The van der Waals surface area contributed by atoms with Crippen LogP contribution < -0.4 is 0 Å². The van der Waals surface area contributed by atoms with Gasteiger partial charge in [-0.2, -0.15) is 0 Å². The molecule has 0 radical (unpaired) electrons. The molecule has 1 aromatic rings. The molecule has 2 heteroatoms. The summed E-state index contributed by atoms with van der Waals surface area (Å²) in [6, 6.07) is 9.84. The zero-order chi connectivity index (χ0) is 13.5. The summed E-state index contributed by atoms with van der Waals surface area (Å²) in [6.07, 6.45) is 6.90. The predicted octanol–water partition coefficient (Wildman–Crippen LogP) is 4.10. The van der Waals surface area contributed by atoms with E-state index in [1.807, 2.05) is 30.3 Å². The van der Waals surface area contributed by atoms with Gasteiger partial charge in [0.15, 0.2) is 0 Å². The monoisotopic (exact) mass is 262 g/mol. The Labute approximate surface area is 116 Å². The van der Waals surface area contributed by atoms with Gasteiger partial charge in [0.25, 0.3) is 0 Å². The summed E-state index contributed by atoms with van der Waals surface area (Å²) in [5, 5.41) is 10.4. The topological polar surface area (TPSA) is 29.5 Å². The van der Waals surface area contributed by atoms with E-state index in [9.17, 15) is 5.11 Å². The molecule has 0 amide bonds. The predicted molar refractivity (Wildman–Crippen MR) is 78.0 cm³/mol. The Kier molecular flexibility index (Phi) is 5.87. The van der Waals surface area contributed by atoms with E-state index in [1.54, 1.807) is 0 Å². The first-order valence-corrected chi connectivity index (χ1v) is 7.66. The Morgan fingerprint density at radius 1 is 1.16 bits per heavy atom. The van der Waals surface area contributed by atoms with Crippen molar-refractivity contribution in [2.24, 2.45) is 5.92 Å². The molecule has 0 saturated heterocycles. The van der Waals surface area contributed by atoms with Crippen molar-refractivity contribution in [3.63, 3.8) is 0 Å². The largest absolute Gasteiger partial charge is 0.386 e. The van der Waals surface area contributed by atoms with Gasteiger partial charge in [-0.15, -0.1) is 0 Å². The number of aliphatic hydroxyl groups excluding tert-OH is 1. The number of rotatable bonds is 6. The summed E-state index contributed by atoms with van der Waals surface area (Å²) in [5.41, 5.74) is 0.956. The van der Waals surface area contributed by atoms with E-state index in [2.05, 4.69) is 6.92 Å². The number of aliphatic hydroxyl groups is 1. The van der Waals surface area contributed by atoms with E-state index in [0.29, 0.717) is 5.92 Å². The van der Waals surface area contributed by atoms with Gasteiger partial charge < -0.3 is 9.84 Å². The third-order valence-corrected chi connectivity index (χ3v) is 4.17. The van der Waals surface area contributed by atoms with E-state index in [1.165, 1.54) is 32.1 Å². The lowest BCUT2D eigenvalue weighted by Gasteiger charge is -2.27. The lowest BCUT2D eigenvalue weighted by atomic mass is 9.90. The molecule has 2 rings (SSSR count). The van der Waals surface area contributed by atoms with E-state index >= 15 is 0 Å². The molecule has 0 bridgehead atoms. The molecule has 0 heterocycles. The Hall–Kier alpha value is -0.860. The molecular weight excluding hydrogens is 236 g/mol. The highest BCUT2D eigenvalue weighted by Gasteiger charge is 2.22. The molecule has 0 aromatic heterocycles. The lowest BCUT2D eigenvalue weighted by Crippen LogP contribution is -2.25. The third kappa shape index (κ3) is 4.32. The van der Waals surface area contributed by atoms with Gasteiger partial charge in [-0.25, -0.2) is 0 Å². The SMILES string of the molecule is CCC(OCC1CCCCC1)C(O)c1ccccc1. The van der Waals surface area contributed by atoms with Crippen LogP contribution in [0, 0.1) is 5.92 Å².